The van der Waals surface area contributed by atoms with Crippen LogP contribution in [0.3, 0.4) is 0 Å². The Labute approximate surface area is 450 Å². The smallest absolute Gasteiger partial charge is 0.248 e. The Morgan fingerprint density at radius 3 is 2.05 bits per heavy atom. The first kappa shape index (κ1) is 64.4. The number of aliphatic hydroxyl groups excluding tert-OH is 7. The third kappa shape index (κ3) is 19.1. The largest absolute Gasteiger partial charge is 0.508 e. The lowest BCUT2D eigenvalue weighted by Gasteiger charge is -2.35. The maximum Gasteiger partial charge on any atom is 0.248 e. The van der Waals surface area contributed by atoms with Gasteiger partial charge in [-0.15, -0.1) is 0 Å². The van der Waals surface area contributed by atoms with Crippen LogP contribution in [0.1, 0.15) is 129 Å². The van der Waals surface area contributed by atoms with Gasteiger partial charge in [0.2, 0.25) is 41.4 Å². The van der Waals surface area contributed by atoms with E-state index in [-0.39, 0.29) is 69.6 Å². The van der Waals surface area contributed by atoms with Crippen LogP contribution in [-0.2, 0) is 33.6 Å². The van der Waals surface area contributed by atoms with Crippen LogP contribution in [0.5, 0.6) is 5.75 Å². The first-order valence-corrected chi connectivity index (χ1v) is 27.4. The zero-order valence-electron chi connectivity index (χ0n) is 44.8. The summed E-state index contributed by atoms with van der Waals surface area (Å²) in [6, 6.07) is -6.03. The number of carbonyl (C=O) groups excluding carboxylic acids is 7. The van der Waals surface area contributed by atoms with Crippen LogP contribution in [0.15, 0.2) is 24.3 Å². The summed E-state index contributed by atoms with van der Waals surface area (Å²) >= 11 is 0. The maximum atomic E-state index is 14.6. The van der Waals surface area contributed by atoms with E-state index in [0.29, 0.717) is 18.3 Å². The molecule has 3 heterocycles. The van der Waals surface area contributed by atoms with Gasteiger partial charge in [-0.3, -0.25) is 38.9 Å². The number of phenols is 1. The number of aromatic hydroxyl groups is 1. The topological polar surface area (TPSA) is 412 Å². The number of unbranched alkanes of at least 4 members (excludes halogenated alkanes) is 5. The second-order valence-corrected chi connectivity index (χ2v) is 21.1. The van der Waals surface area contributed by atoms with Gasteiger partial charge in [-0.1, -0.05) is 77.8 Å². The molecule has 3 fully saturated rings. The second kappa shape index (κ2) is 32.1. The third-order valence-corrected chi connectivity index (χ3v) is 14.9. The van der Waals surface area contributed by atoms with E-state index in [1.807, 2.05) is 0 Å². The number of nitrogens with zero attached hydrogens (tertiary/aromatic N) is 2. The second-order valence-electron chi connectivity index (χ2n) is 21.1. The van der Waals surface area contributed by atoms with E-state index < -0.39 is 140 Å². The molecule has 1 aromatic carbocycles. The summed E-state index contributed by atoms with van der Waals surface area (Å²) in [5.41, 5.74) is 11.5. The van der Waals surface area contributed by atoms with Crippen LogP contribution < -0.4 is 43.4 Å². The van der Waals surface area contributed by atoms with E-state index in [0.717, 1.165) is 54.7 Å². The lowest BCUT2D eigenvalue weighted by Crippen LogP contribution is -2.65. The summed E-state index contributed by atoms with van der Waals surface area (Å²) in [6.07, 6.45) is -4.52. The molecule has 2 unspecified atom stereocenters. The number of carbonyl (C=O) groups is 7. The van der Waals surface area contributed by atoms with Crippen molar-refractivity contribution in [2.24, 2.45) is 23.3 Å². The van der Waals surface area contributed by atoms with Gasteiger partial charge in [-0.2, -0.15) is 0 Å². The van der Waals surface area contributed by atoms with Crippen LogP contribution in [0.4, 0.5) is 0 Å². The average molecular weight is 1090 g/mol. The molecule has 0 spiro atoms. The standard InChI is InChI=1S/C52H88N10O15/c1-4-29(2)25-30(3)11-9-7-5-6-8-10-12-40(69)56-34-17-18-39(68)46(55-23-22-54)60-50(75)43-38(67)20-24-61(43)52(77)41(37(66)19-21-53)58-49(74)42(45(71)44(70)31-13-15-32(64)16-14-31)59-48(73)36-26-33(65)27-62(36)51(76)35(28-63)57-47(34)72/h13-16,29-30,33-39,41-46,55,63-68,70-71H,4-12,17-28,53-54H2,1-3H3,(H,56,69)(H,57,72)(H,58,74)(H,59,73)(H,60,75)/t29?,30?,33-,34+,35+,36+,37-,38+,39-,41+,42+,43+,44-,45-,46+/m1/s1. The quantitative estimate of drug-likeness (QED) is 0.0477. The minimum absolute atomic E-state index is 0.0163. The molecular formula is C52H88N10O15. The molecule has 0 aliphatic carbocycles. The van der Waals surface area contributed by atoms with Crippen molar-refractivity contribution in [1.29, 1.82) is 0 Å². The van der Waals surface area contributed by atoms with Gasteiger partial charge in [0, 0.05) is 39.0 Å². The predicted octanol–water partition coefficient (Wildman–Crippen LogP) is -3.31. The number of benzene rings is 1. The van der Waals surface area contributed by atoms with Crippen LogP contribution >= 0.6 is 0 Å². The van der Waals surface area contributed by atoms with Gasteiger partial charge in [-0.05, 0) is 74.6 Å². The molecule has 3 aliphatic rings. The molecule has 3 aliphatic heterocycles. The predicted molar refractivity (Wildman–Crippen MR) is 280 cm³/mol. The normalized spacial score (nSPS) is 28.4. The molecule has 1 aromatic rings. The van der Waals surface area contributed by atoms with Crippen LogP contribution in [0, 0.1) is 11.8 Å². The molecule has 4 rings (SSSR count). The number of nitrogens with two attached hydrogens (primary N) is 2. The lowest BCUT2D eigenvalue weighted by molar-refractivity contribution is -0.148. The number of fused-ring (bicyclic) bond motifs is 2. The maximum absolute atomic E-state index is 14.6. The summed E-state index contributed by atoms with van der Waals surface area (Å²) in [4.78, 5) is 101. The van der Waals surface area contributed by atoms with Crippen molar-refractivity contribution < 1.29 is 74.4 Å². The number of aliphatic hydroxyl groups is 7. The highest BCUT2D eigenvalue weighted by molar-refractivity contribution is 5.98. The zero-order valence-corrected chi connectivity index (χ0v) is 44.8. The molecule has 15 atom stereocenters. The van der Waals surface area contributed by atoms with E-state index in [1.165, 1.54) is 30.7 Å². The van der Waals surface area contributed by atoms with E-state index in [9.17, 15) is 74.4 Å². The molecule has 0 saturated carbocycles. The fourth-order valence-corrected chi connectivity index (χ4v) is 10.2. The number of phenolic OH excluding ortho intramolecular Hbond substituents is 1. The van der Waals surface area contributed by atoms with E-state index in [4.69, 9.17) is 11.5 Å². The number of rotatable bonds is 23. The van der Waals surface area contributed by atoms with Crippen molar-refractivity contribution in [3.63, 3.8) is 0 Å². The molecular weight excluding hydrogens is 1000 g/mol. The molecule has 7 amide bonds. The summed E-state index contributed by atoms with van der Waals surface area (Å²) in [6.45, 7) is 4.71. The van der Waals surface area contributed by atoms with E-state index in [1.54, 1.807) is 0 Å². The van der Waals surface area contributed by atoms with Crippen molar-refractivity contribution in [2.75, 3.05) is 39.3 Å². The Morgan fingerprint density at radius 2 is 1.40 bits per heavy atom. The minimum atomic E-state index is -2.27. The number of amides is 7. The van der Waals surface area contributed by atoms with Gasteiger partial charge in [0.25, 0.3) is 0 Å². The molecule has 77 heavy (non-hydrogen) atoms. The average Bonchev–Trinajstić information content (AvgIpc) is 4.00. The lowest BCUT2D eigenvalue weighted by atomic mass is 9.91. The van der Waals surface area contributed by atoms with Gasteiger partial charge < -0.3 is 88.7 Å². The summed E-state index contributed by atoms with van der Waals surface area (Å²) in [5.74, 6) is -6.12. The fraction of sp³-hybridized carbons (Fsp3) is 0.750. The summed E-state index contributed by atoms with van der Waals surface area (Å²) in [7, 11) is 0. The van der Waals surface area contributed by atoms with Crippen molar-refractivity contribution in [1.82, 2.24) is 41.7 Å². The minimum Gasteiger partial charge on any atom is -0.508 e. The highest BCUT2D eigenvalue weighted by atomic mass is 16.3. The molecule has 436 valence electrons. The van der Waals surface area contributed by atoms with Gasteiger partial charge in [0.1, 0.15) is 60.4 Å². The number of nitrogens with one attached hydrogen (secondary N) is 6. The summed E-state index contributed by atoms with van der Waals surface area (Å²) < 4.78 is 0. The summed E-state index contributed by atoms with van der Waals surface area (Å²) in [5, 5.41) is 104. The van der Waals surface area contributed by atoms with Crippen LogP contribution in [0.2, 0.25) is 0 Å². The van der Waals surface area contributed by atoms with Crippen molar-refractivity contribution in [3.05, 3.63) is 29.8 Å². The van der Waals surface area contributed by atoms with E-state index >= 15 is 0 Å². The molecule has 25 nitrogen and oxygen atoms in total. The zero-order chi connectivity index (χ0) is 56.9. The van der Waals surface area contributed by atoms with Crippen LogP contribution in [0.25, 0.3) is 0 Å². The van der Waals surface area contributed by atoms with Crippen molar-refractivity contribution in [2.45, 2.75) is 196 Å². The van der Waals surface area contributed by atoms with Crippen LogP contribution in [-0.4, -0.2) is 204 Å². The monoisotopic (exact) mass is 1090 g/mol. The van der Waals surface area contributed by atoms with Gasteiger partial charge in [-0.25, -0.2) is 0 Å². The fourth-order valence-electron chi connectivity index (χ4n) is 10.2. The molecule has 0 bridgehead atoms. The molecule has 0 radical (unpaired) electrons. The SMILES string of the molecule is CCC(C)CC(C)CCCCCCCCC(=O)N[C@H]1CC[C@@H](O)[C@@H](NCCN)NC(=O)[C@@H]2[C@@H](O)CCN2C(=O)[C@H]([C@H](O)CCN)NC(=O)[C@H]([C@@H](O)[C@H](O)c2ccc(O)cc2)NC(=O)[C@@H]2C[C@@H](O)CN2C(=O)[C@H](CO)NC1=O. The van der Waals surface area contributed by atoms with E-state index in [2.05, 4.69) is 52.7 Å². The van der Waals surface area contributed by atoms with Gasteiger partial charge >= 0.3 is 0 Å². The molecule has 3 saturated heterocycles. The first-order chi connectivity index (χ1) is 36.6. The third-order valence-electron chi connectivity index (χ3n) is 14.9. The Morgan fingerprint density at radius 1 is 0.740 bits per heavy atom. The molecule has 18 N–H and O–H groups in total. The van der Waals surface area contributed by atoms with Crippen molar-refractivity contribution in [3.8, 4) is 5.75 Å². The molecule has 25 heteroatoms. The number of hydrogen-bond acceptors (Lipinski definition) is 18. The number of hydrogen-bond donors (Lipinski definition) is 16. The Hall–Kier alpha value is -5.09. The highest BCUT2D eigenvalue weighted by Crippen LogP contribution is 2.26. The Balaban J connectivity index is 1.69. The van der Waals surface area contributed by atoms with Gasteiger partial charge in [0.05, 0.1) is 31.0 Å². The highest BCUT2D eigenvalue weighted by Gasteiger charge is 2.48. The van der Waals surface area contributed by atoms with Crippen molar-refractivity contribution >= 4 is 41.4 Å². The van der Waals surface area contributed by atoms with Gasteiger partial charge in [0.15, 0.2) is 0 Å². The Kier molecular flexibility index (Phi) is 26.9. The first-order valence-electron chi connectivity index (χ1n) is 27.4. The molecule has 0 aromatic heterocycles. The Bertz CT molecular complexity index is 2060.